The number of aliphatic hydroxyl groups is 1. The Morgan fingerprint density at radius 2 is 2.45 bits per heavy atom. The molecule has 11 heavy (non-hydrogen) atoms. The van der Waals surface area contributed by atoms with Crippen LogP contribution in [-0.4, -0.2) is 16.1 Å². The Labute approximate surface area is 72.4 Å². The number of hydrogen-bond acceptors (Lipinski definition) is 2. The highest BCUT2D eigenvalue weighted by atomic mass is 32.1. The van der Waals surface area contributed by atoms with Crippen molar-refractivity contribution in [2.24, 2.45) is 0 Å². The van der Waals surface area contributed by atoms with Crippen LogP contribution < -0.4 is 0 Å². The van der Waals surface area contributed by atoms with Gasteiger partial charge in [0.1, 0.15) is 0 Å². The molecule has 1 atom stereocenters. The van der Waals surface area contributed by atoms with Crippen LogP contribution in [0.2, 0.25) is 0 Å². The lowest BCUT2D eigenvalue weighted by molar-refractivity contribution is 0.197. The average molecular weight is 168 g/mol. The Hall–Kier alpha value is -0.470. The van der Waals surface area contributed by atoms with Gasteiger partial charge >= 0.3 is 0 Å². The molecule has 1 nitrogen and oxygen atoms in total. The summed E-state index contributed by atoms with van der Waals surface area (Å²) >= 11 is 5.11. The number of rotatable bonds is 2. The first kappa shape index (κ1) is 8.62. The lowest BCUT2D eigenvalue weighted by Crippen LogP contribution is -2.08. The SMILES string of the molecule is CC(O)CC1=CC=CCC1=S. The zero-order valence-corrected chi connectivity index (χ0v) is 7.40. The zero-order valence-electron chi connectivity index (χ0n) is 6.58. The van der Waals surface area contributed by atoms with E-state index in [-0.39, 0.29) is 6.10 Å². The van der Waals surface area contributed by atoms with Gasteiger partial charge in [-0.3, -0.25) is 0 Å². The molecular weight excluding hydrogens is 156 g/mol. The van der Waals surface area contributed by atoms with Gasteiger partial charge in [-0.2, -0.15) is 0 Å². The van der Waals surface area contributed by atoms with Gasteiger partial charge in [-0.1, -0.05) is 30.4 Å². The molecule has 0 spiro atoms. The Kier molecular flexibility index (Phi) is 2.97. The highest BCUT2D eigenvalue weighted by Crippen LogP contribution is 2.15. The molecule has 60 valence electrons. The van der Waals surface area contributed by atoms with Crippen molar-refractivity contribution in [1.82, 2.24) is 0 Å². The molecule has 2 heteroatoms. The Balaban J connectivity index is 2.61. The molecule has 1 N–H and O–H groups in total. The van der Waals surface area contributed by atoms with Crippen LogP contribution in [0.3, 0.4) is 0 Å². The van der Waals surface area contributed by atoms with E-state index in [1.165, 1.54) is 0 Å². The van der Waals surface area contributed by atoms with Crippen molar-refractivity contribution >= 4 is 17.1 Å². The third kappa shape index (κ3) is 2.56. The normalized spacial score (nSPS) is 19.8. The highest BCUT2D eigenvalue weighted by molar-refractivity contribution is 7.80. The van der Waals surface area contributed by atoms with Crippen molar-refractivity contribution in [2.45, 2.75) is 25.9 Å². The molecule has 0 saturated carbocycles. The van der Waals surface area contributed by atoms with Gasteiger partial charge in [0.15, 0.2) is 0 Å². The van der Waals surface area contributed by atoms with Gasteiger partial charge in [-0.05, 0) is 18.9 Å². The van der Waals surface area contributed by atoms with E-state index < -0.39 is 0 Å². The maximum absolute atomic E-state index is 9.10. The molecule has 1 unspecified atom stereocenters. The molecule has 0 aromatic carbocycles. The highest BCUT2D eigenvalue weighted by Gasteiger charge is 2.08. The van der Waals surface area contributed by atoms with E-state index in [2.05, 4.69) is 0 Å². The van der Waals surface area contributed by atoms with E-state index in [1.54, 1.807) is 6.92 Å². The lowest BCUT2D eigenvalue weighted by Gasteiger charge is -2.11. The van der Waals surface area contributed by atoms with Gasteiger partial charge in [0.25, 0.3) is 0 Å². The lowest BCUT2D eigenvalue weighted by atomic mass is 10.00. The summed E-state index contributed by atoms with van der Waals surface area (Å²) in [6.07, 6.45) is 7.27. The van der Waals surface area contributed by atoms with E-state index in [4.69, 9.17) is 17.3 Å². The van der Waals surface area contributed by atoms with E-state index in [9.17, 15) is 0 Å². The van der Waals surface area contributed by atoms with Gasteiger partial charge in [-0.15, -0.1) is 0 Å². The summed E-state index contributed by atoms with van der Waals surface area (Å²) in [5.74, 6) is 0. The van der Waals surface area contributed by atoms with Crippen LogP contribution in [0.25, 0.3) is 0 Å². The maximum Gasteiger partial charge on any atom is 0.0552 e. The van der Waals surface area contributed by atoms with Gasteiger partial charge in [0.2, 0.25) is 0 Å². The molecule has 0 aliphatic heterocycles. The molecule has 1 aliphatic rings. The molecule has 0 fully saturated rings. The van der Waals surface area contributed by atoms with Crippen molar-refractivity contribution < 1.29 is 5.11 Å². The van der Waals surface area contributed by atoms with Crippen molar-refractivity contribution in [3.63, 3.8) is 0 Å². The first-order valence-corrected chi connectivity index (χ1v) is 4.18. The summed E-state index contributed by atoms with van der Waals surface area (Å²) in [4.78, 5) is 0.966. The fraction of sp³-hybridized carbons (Fsp3) is 0.444. The number of thiocarbonyl (C=S) groups is 1. The molecule has 0 aromatic rings. The topological polar surface area (TPSA) is 20.2 Å². The van der Waals surface area contributed by atoms with E-state index >= 15 is 0 Å². The monoisotopic (exact) mass is 168 g/mol. The summed E-state index contributed by atoms with van der Waals surface area (Å²) in [5.41, 5.74) is 1.11. The molecule has 0 bridgehead atoms. The van der Waals surface area contributed by atoms with Crippen LogP contribution in [0, 0.1) is 0 Å². The minimum atomic E-state index is -0.286. The summed E-state index contributed by atoms with van der Waals surface area (Å²) < 4.78 is 0. The third-order valence-electron chi connectivity index (χ3n) is 1.61. The summed E-state index contributed by atoms with van der Waals surface area (Å²) in [5, 5.41) is 9.10. The predicted molar refractivity (Wildman–Crippen MR) is 50.7 cm³/mol. The number of hydrogen-bond donors (Lipinski definition) is 1. The van der Waals surface area contributed by atoms with Crippen molar-refractivity contribution in [3.05, 3.63) is 23.8 Å². The number of allylic oxidation sites excluding steroid dienone is 3. The molecule has 0 aromatic heterocycles. The summed E-state index contributed by atoms with van der Waals surface area (Å²) in [6, 6.07) is 0. The van der Waals surface area contributed by atoms with Crippen LogP contribution in [0.4, 0.5) is 0 Å². The van der Waals surface area contributed by atoms with E-state index in [0.29, 0.717) is 6.42 Å². The average Bonchev–Trinajstić information content (AvgIpc) is 1.93. The van der Waals surface area contributed by atoms with E-state index in [0.717, 1.165) is 16.9 Å². The molecule has 1 aliphatic carbocycles. The quantitative estimate of drug-likeness (QED) is 0.636. The van der Waals surface area contributed by atoms with Crippen LogP contribution >= 0.6 is 12.2 Å². The van der Waals surface area contributed by atoms with Crippen molar-refractivity contribution in [1.29, 1.82) is 0 Å². The Bertz CT molecular complexity index is 214. The van der Waals surface area contributed by atoms with Gasteiger partial charge in [0.05, 0.1) is 6.10 Å². The third-order valence-corrected chi connectivity index (χ3v) is 2.04. The molecule has 0 amide bonds. The van der Waals surface area contributed by atoms with Gasteiger partial charge in [0, 0.05) is 11.3 Å². The summed E-state index contributed by atoms with van der Waals surface area (Å²) in [7, 11) is 0. The molecule has 0 saturated heterocycles. The Morgan fingerprint density at radius 1 is 1.73 bits per heavy atom. The van der Waals surface area contributed by atoms with Gasteiger partial charge in [-0.25, -0.2) is 0 Å². The van der Waals surface area contributed by atoms with Crippen LogP contribution in [0.1, 0.15) is 19.8 Å². The maximum atomic E-state index is 9.10. The first-order chi connectivity index (χ1) is 5.20. The van der Waals surface area contributed by atoms with Crippen LogP contribution in [0.15, 0.2) is 23.8 Å². The van der Waals surface area contributed by atoms with Crippen molar-refractivity contribution in [3.8, 4) is 0 Å². The van der Waals surface area contributed by atoms with E-state index in [1.807, 2.05) is 18.2 Å². The fourth-order valence-corrected chi connectivity index (χ4v) is 1.33. The second kappa shape index (κ2) is 3.79. The fourth-order valence-electron chi connectivity index (χ4n) is 1.08. The zero-order chi connectivity index (χ0) is 8.27. The minimum Gasteiger partial charge on any atom is -0.393 e. The standard InChI is InChI=1S/C9H12OS/c1-7(10)6-8-4-2-3-5-9(8)11/h2-4,7,10H,5-6H2,1H3. The Morgan fingerprint density at radius 3 is 3.00 bits per heavy atom. The second-order valence-corrected chi connectivity index (χ2v) is 3.29. The molecule has 1 rings (SSSR count). The first-order valence-electron chi connectivity index (χ1n) is 3.77. The van der Waals surface area contributed by atoms with Crippen LogP contribution in [0.5, 0.6) is 0 Å². The number of aliphatic hydroxyl groups excluding tert-OH is 1. The second-order valence-electron chi connectivity index (χ2n) is 2.80. The van der Waals surface area contributed by atoms with Crippen molar-refractivity contribution in [2.75, 3.05) is 0 Å². The predicted octanol–water partition coefficient (Wildman–Crippen LogP) is 2.01. The largest absolute Gasteiger partial charge is 0.393 e. The molecule has 0 heterocycles. The molecular formula is C9H12OS. The minimum absolute atomic E-state index is 0.286. The van der Waals surface area contributed by atoms with Crippen LogP contribution in [-0.2, 0) is 0 Å². The smallest absolute Gasteiger partial charge is 0.0552 e. The summed E-state index contributed by atoms with van der Waals surface area (Å²) in [6.45, 7) is 1.78. The van der Waals surface area contributed by atoms with Gasteiger partial charge < -0.3 is 5.11 Å². The molecule has 0 radical (unpaired) electrons.